The molecule has 0 N–H and O–H groups in total. The Balaban J connectivity index is 2.36. The van der Waals surface area contributed by atoms with E-state index in [-0.39, 0.29) is 0 Å². The van der Waals surface area contributed by atoms with Crippen molar-refractivity contribution in [2.24, 2.45) is 8.60 Å². The zero-order valence-corrected chi connectivity index (χ0v) is 29.4. The molecule has 4 nitrogen and oxygen atoms in total. The molecule has 0 saturated carbocycles. The minimum absolute atomic E-state index is 1.23. The quantitative estimate of drug-likeness (QED) is 0.290. The van der Waals surface area contributed by atoms with Gasteiger partial charge in [0.05, 0.1) is 0 Å². The average molecular weight is 557 g/mol. The highest BCUT2D eigenvalue weighted by Gasteiger charge is 2.13. The molecule has 0 amide bonds. The summed E-state index contributed by atoms with van der Waals surface area (Å²) in [6, 6.07) is 18.1. The lowest BCUT2D eigenvalue weighted by Gasteiger charge is -2.33. The Labute approximate surface area is 216 Å². The third-order valence-electron chi connectivity index (χ3n) is 4.38. The van der Waals surface area contributed by atoms with Crippen molar-refractivity contribution in [2.45, 2.75) is 78.6 Å². The maximum absolute atomic E-state index is 5.25. The van der Waals surface area contributed by atoms with Crippen molar-refractivity contribution in [3.8, 4) is 11.1 Å². The first kappa shape index (κ1) is 29.2. The predicted octanol–water partition coefficient (Wildman–Crippen LogP) is 7.37. The van der Waals surface area contributed by atoms with Crippen molar-refractivity contribution in [3.63, 3.8) is 0 Å². The molecule has 0 saturated heterocycles. The minimum Gasteiger partial charge on any atom is -0.488 e. The van der Waals surface area contributed by atoms with Crippen molar-refractivity contribution >= 4 is 60.8 Å². The van der Waals surface area contributed by atoms with Crippen LogP contribution < -0.4 is 10.4 Å². The van der Waals surface area contributed by atoms with E-state index in [2.05, 4.69) is 127 Å². The molecule has 0 unspecified atom stereocenters. The van der Waals surface area contributed by atoms with Crippen LogP contribution in [-0.2, 0) is 0 Å². The van der Waals surface area contributed by atoms with Crippen LogP contribution in [0.3, 0.4) is 0 Å². The second kappa shape index (κ2) is 10.9. The van der Waals surface area contributed by atoms with Crippen molar-refractivity contribution in [2.75, 3.05) is 0 Å². The third-order valence-corrected chi connectivity index (χ3v) is 20.2. The van der Waals surface area contributed by atoms with Crippen molar-refractivity contribution in [3.05, 3.63) is 57.8 Å². The van der Waals surface area contributed by atoms with Crippen molar-refractivity contribution < 1.29 is 0 Å². The zero-order valence-electron chi connectivity index (χ0n) is 23.4. The standard InChI is InChI=1S/C24H44N4Si6/c1-31(2,3)25-29(26-32(4,5)6)23-17-13-21(14-18-23)22-15-19-24(20-16-22)30(27-33(7,8)9)28-34(10,11)12/h13-20H,1-12H3/q-2. The molecule has 0 fully saturated rings. The smallest absolute Gasteiger partial charge is 0.0400 e. The van der Waals surface area contributed by atoms with Gasteiger partial charge in [-0.25, -0.2) is 0 Å². The Morgan fingerprint density at radius 1 is 0.471 bits per heavy atom. The van der Waals surface area contributed by atoms with E-state index in [0.717, 1.165) is 0 Å². The molecule has 2 aromatic carbocycles. The van der Waals surface area contributed by atoms with Gasteiger partial charge in [-0.05, 0) is 21.5 Å². The van der Waals surface area contributed by atoms with Gasteiger partial charge in [-0.1, -0.05) is 127 Å². The predicted molar refractivity (Wildman–Crippen MR) is 168 cm³/mol. The van der Waals surface area contributed by atoms with E-state index in [4.69, 9.17) is 17.9 Å². The number of hydrogen-bond acceptors (Lipinski definition) is 2. The fourth-order valence-electron chi connectivity index (χ4n) is 3.20. The van der Waals surface area contributed by atoms with Crippen LogP contribution in [0.2, 0.25) is 78.6 Å². The summed E-state index contributed by atoms with van der Waals surface area (Å²) in [5, 5.41) is 2.62. The van der Waals surface area contributed by atoms with E-state index in [1.54, 1.807) is 0 Å². The average Bonchev–Trinajstić information content (AvgIpc) is 2.63. The highest BCUT2D eigenvalue weighted by atomic mass is 28.4. The highest BCUT2D eigenvalue weighted by Crippen LogP contribution is 2.20. The monoisotopic (exact) mass is 556 g/mol. The first-order valence-electron chi connectivity index (χ1n) is 12.2. The molecule has 0 atom stereocenters. The summed E-state index contributed by atoms with van der Waals surface area (Å²) in [6.45, 7) is 27.7. The van der Waals surface area contributed by atoms with Gasteiger partial charge in [-0.15, -0.1) is 0 Å². The lowest BCUT2D eigenvalue weighted by molar-refractivity contribution is 1.57. The highest BCUT2D eigenvalue weighted by molar-refractivity contribution is 6.98. The molecule has 0 aromatic heterocycles. The summed E-state index contributed by atoms with van der Waals surface area (Å²) in [6.07, 6.45) is 0. The molecule has 0 aliphatic heterocycles. The van der Waals surface area contributed by atoms with E-state index < -0.39 is 50.4 Å². The van der Waals surface area contributed by atoms with Gasteiger partial charge in [0.1, 0.15) is 0 Å². The first-order chi connectivity index (χ1) is 15.3. The fourth-order valence-corrected chi connectivity index (χ4v) is 17.7. The van der Waals surface area contributed by atoms with E-state index in [0.29, 0.717) is 0 Å². The molecule has 0 heterocycles. The SMILES string of the molecule is C[Si](C)(C)N=[Si]([N-][Si](C)(C)C)c1ccc(-c2ccc([Si](=N[Si](C)(C)C)[N-][Si](C)(C)C)cc2)cc1. The Bertz CT molecular complexity index is 935. The van der Waals surface area contributed by atoms with Gasteiger partial charge in [0, 0.05) is 50.4 Å². The number of hydrogen-bond donors (Lipinski definition) is 0. The number of rotatable bonds is 9. The first-order valence-corrected chi connectivity index (χ1v) is 28.8. The third kappa shape index (κ3) is 10.7. The summed E-state index contributed by atoms with van der Waals surface area (Å²) in [5.74, 6) is 0. The molecule has 186 valence electrons. The summed E-state index contributed by atoms with van der Waals surface area (Å²) < 4.78 is 21.0. The van der Waals surface area contributed by atoms with Gasteiger partial charge >= 0.3 is 0 Å². The van der Waals surface area contributed by atoms with Crippen LogP contribution >= 0.6 is 0 Å². The van der Waals surface area contributed by atoms with Crippen LogP contribution in [0.5, 0.6) is 0 Å². The number of benzene rings is 2. The summed E-state index contributed by atoms with van der Waals surface area (Å²) in [5.41, 5.74) is 2.49. The molecule has 0 aliphatic rings. The molecule has 0 aliphatic carbocycles. The molecule has 34 heavy (non-hydrogen) atoms. The normalized spacial score (nSPS) is 14.2. The van der Waals surface area contributed by atoms with Crippen LogP contribution in [0.15, 0.2) is 57.1 Å². The summed E-state index contributed by atoms with van der Waals surface area (Å²) in [4.78, 5) is 0. The maximum atomic E-state index is 5.25. The van der Waals surface area contributed by atoms with Crippen molar-refractivity contribution in [1.82, 2.24) is 0 Å². The van der Waals surface area contributed by atoms with Gasteiger partial charge < -0.3 is 17.9 Å². The van der Waals surface area contributed by atoms with Crippen LogP contribution in [0.1, 0.15) is 0 Å². The molecule has 10 heteroatoms. The second-order valence-corrected chi connectivity index (χ2v) is 36.3. The van der Waals surface area contributed by atoms with E-state index in [1.807, 2.05) is 0 Å². The van der Waals surface area contributed by atoms with Crippen LogP contribution in [0, 0.1) is 0 Å². The lowest BCUT2D eigenvalue weighted by atomic mass is 10.1. The van der Waals surface area contributed by atoms with Crippen LogP contribution in [-0.4, -0.2) is 50.4 Å². The lowest BCUT2D eigenvalue weighted by Crippen LogP contribution is -2.35. The van der Waals surface area contributed by atoms with Gasteiger partial charge in [-0.3, -0.25) is 0 Å². The molecule has 0 spiro atoms. The van der Waals surface area contributed by atoms with Gasteiger partial charge in [0.15, 0.2) is 0 Å². The van der Waals surface area contributed by atoms with E-state index >= 15 is 0 Å². The summed E-state index contributed by atoms with van der Waals surface area (Å²) in [7, 11) is -8.62. The maximum Gasteiger partial charge on any atom is 0.0400 e. The Kier molecular flexibility index (Phi) is 9.36. The van der Waals surface area contributed by atoms with Gasteiger partial charge in [0.2, 0.25) is 0 Å². The molecule has 0 bridgehead atoms. The second-order valence-electron chi connectivity index (χ2n) is 12.9. The topological polar surface area (TPSA) is 52.9 Å². The van der Waals surface area contributed by atoms with E-state index in [1.165, 1.54) is 21.5 Å². The van der Waals surface area contributed by atoms with Crippen LogP contribution in [0.25, 0.3) is 20.4 Å². The van der Waals surface area contributed by atoms with E-state index in [9.17, 15) is 0 Å². The molecular formula is C24H44N4Si6-2. The molecule has 0 radical (unpaired) electrons. The minimum atomic E-state index is -1.54. The van der Waals surface area contributed by atoms with Gasteiger partial charge in [0.25, 0.3) is 0 Å². The number of nitrogens with zero attached hydrogens (tertiary/aromatic N) is 4. The Morgan fingerprint density at radius 2 is 0.735 bits per heavy atom. The van der Waals surface area contributed by atoms with Gasteiger partial charge in [-0.2, -0.15) is 0 Å². The fraction of sp³-hybridized carbons (Fsp3) is 0.500. The largest absolute Gasteiger partial charge is 0.488 e. The van der Waals surface area contributed by atoms with Crippen molar-refractivity contribution in [1.29, 1.82) is 0 Å². The van der Waals surface area contributed by atoms with Crippen LogP contribution in [0.4, 0.5) is 0 Å². The zero-order chi connectivity index (χ0) is 25.9. The summed E-state index contributed by atoms with van der Waals surface area (Å²) >= 11 is 0. The molecule has 2 rings (SSSR count). The molecule has 2 aromatic rings. The Hall–Kier alpha value is -1.06. The molecular weight excluding hydrogens is 513 g/mol. The Morgan fingerprint density at radius 3 is 0.941 bits per heavy atom.